The van der Waals surface area contributed by atoms with E-state index >= 15 is 0 Å². The average Bonchev–Trinajstić information content (AvgIpc) is 3.37. The quantitative estimate of drug-likeness (QED) is 0.426. The Kier molecular flexibility index (Phi) is 5.38. The van der Waals surface area contributed by atoms with Crippen molar-refractivity contribution in [3.8, 4) is 0 Å². The number of carbonyl (C=O) groups excluding carboxylic acids is 2. The number of ketones is 1. The van der Waals surface area contributed by atoms with Crippen molar-refractivity contribution < 1.29 is 18.9 Å². The second kappa shape index (κ2) is 7.55. The summed E-state index contributed by atoms with van der Waals surface area (Å²) < 4.78 is 5.31. The smallest absolute Gasteiger partial charge is 0.359 e. The van der Waals surface area contributed by atoms with Crippen LogP contribution in [0.15, 0.2) is 39.9 Å². The minimum atomic E-state index is -0.816. The van der Waals surface area contributed by atoms with Gasteiger partial charge in [-0.15, -0.1) is 11.8 Å². The molecule has 1 aromatic heterocycles. The SMILES string of the molecule is C=C(C)NOC(=O)c1noc(C2CC2)c1C(=O)c1ccc(SC)cc1Cl. The lowest BCUT2D eigenvalue weighted by Crippen LogP contribution is -2.20. The first-order chi connectivity index (χ1) is 12.4. The van der Waals surface area contributed by atoms with Gasteiger partial charge in [-0.3, -0.25) is 4.79 Å². The first-order valence-electron chi connectivity index (χ1n) is 7.92. The van der Waals surface area contributed by atoms with Crippen LogP contribution in [0.1, 0.15) is 57.9 Å². The van der Waals surface area contributed by atoms with Crippen LogP contribution in [-0.4, -0.2) is 23.2 Å². The Morgan fingerprint density at radius 1 is 1.42 bits per heavy atom. The van der Waals surface area contributed by atoms with Crippen LogP contribution < -0.4 is 5.48 Å². The number of hydrogen-bond donors (Lipinski definition) is 1. The highest BCUT2D eigenvalue weighted by Gasteiger charge is 2.38. The van der Waals surface area contributed by atoms with Crippen molar-refractivity contribution in [2.24, 2.45) is 0 Å². The Hall–Kier alpha value is -2.25. The van der Waals surface area contributed by atoms with E-state index in [2.05, 4.69) is 17.2 Å². The van der Waals surface area contributed by atoms with Gasteiger partial charge in [-0.2, -0.15) is 0 Å². The van der Waals surface area contributed by atoms with Crippen molar-refractivity contribution in [1.29, 1.82) is 0 Å². The molecule has 0 unspecified atom stereocenters. The van der Waals surface area contributed by atoms with E-state index in [1.165, 1.54) is 11.8 Å². The molecule has 1 aromatic carbocycles. The van der Waals surface area contributed by atoms with Gasteiger partial charge in [0.2, 0.25) is 11.5 Å². The monoisotopic (exact) mass is 392 g/mol. The molecule has 136 valence electrons. The fraction of sp³-hybridized carbons (Fsp3) is 0.278. The number of aromatic nitrogens is 1. The third-order valence-corrected chi connectivity index (χ3v) is 4.86. The number of carbonyl (C=O) groups is 2. The number of benzene rings is 1. The molecular weight excluding hydrogens is 376 g/mol. The molecule has 1 N–H and O–H groups in total. The number of halogens is 1. The topological polar surface area (TPSA) is 81.4 Å². The molecule has 0 amide bonds. The first kappa shape index (κ1) is 18.5. The van der Waals surface area contributed by atoms with Gasteiger partial charge in [-0.1, -0.05) is 23.3 Å². The van der Waals surface area contributed by atoms with Crippen molar-refractivity contribution in [2.45, 2.75) is 30.6 Å². The van der Waals surface area contributed by atoms with Crippen molar-refractivity contribution in [1.82, 2.24) is 10.6 Å². The molecule has 0 radical (unpaired) electrons. The van der Waals surface area contributed by atoms with E-state index in [1.807, 2.05) is 6.26 Å². The molecule has 1 heterocycles. The summed E-state index contributed by atoms with van der Waals surface area (Å²) in [5, 5.41) is 4.09. The highest BCUT2D eigenvalue weighted by Crippen LogP contribution is 2.43. The Labute approximate surface area is 159 Å². The second-order valence-corrected chi connectivity index (χ2v) is 7.28. The van der Waals surface area contributed by atoms with Crippen LogP contribution in [0.2, 0.25) is 5.02 Å². The Balaban J connectivity index is 1.99. The number of allylic oxidation sites excluding steroid dienone is 1. The summed E-state index contributed by atoms with van der Waals surface area (Å²) in [6.07, 6.45) is 3.68. The molecule has 6 nitrogen and oxygen atoms in total. The Morgan fingerprint density at radius 2 is 2.15 bits per heavy atom. The maximum Gasteiger partial charge on any atom is 0.385 e. The fourth-order valence-corrected chi connectivity index (χ4v) is 3.18. The van der Waals surface area contributed by atoms with Crippen LogP contribution in [-0.2, 0) is 4.84 Å². The average molecular weight is 393 g/mol. The third kappa shape index (κ3) is 3.78. The summed E-state index contributed by atoms with van der Waals surface area (Å²) in [5.41, 5.74) is 3.03. The molecule has 1 saturated carbocycles. The molecular formula is C18H17ClN2O4S. The molecule has 2 aromatic rings. The molecule has 0 aliphatic heterocycles. The lowest BCUT2D eigenvalue weighted by Gasteiger charge is -2.07. The molecule has 0 bridgehead atoms. The summed E-state index contributed by atoms with van der Waals surface area (Å²) in [6, 6.07) is 5.15. The zero-order valence-electron chi connectivity index (χ0n) is 14.3. The lowest BCUT2D eigenvalue weighted by atomic mass is 9.99. The van der Waals surface area contributed by atoms with Gasteiger partial charge in [0.25, 0.3) is 0 Å². The highest BCUT2D eigenvalue weighted by molar-refractivity contribution is 7.98. The molecule has 0 spiro atoms. The van der Waals surface area contributed by atoms with Crippen molar-refractivity contribution in [2.75, 3.05) is 6.26 Å². The Morgan fingerprint density at radius 3 is 2.73 bits per heavy atom. The third-order valence-electron chi connectivity index (χ3n) is 3.83. The number of hydroxylamine groups is 1. The van der Waals surface area contributed by atoms with Crippen LogP contribution in [0.3, 0.4) is 0 Å². The fourth-order valence-electron chi connectivity index (χ4n) is 2.41. The largest absolute Gasteiger partial charge is 0.385 e. The van der Waals surface area contributed by atoms with E-state index in [-0.39, 0.29) is 22.7 Å². The molecule has 3 rings (SSSR count). The molecule has 0 saturated heterocycles. The summed E-state index contributed by atoms with van der Waals surface area (Å²) in [4.78, 5) is 31.2. The molecule has 0 atom stereocenters. The van der Waals surface area contributed by atoms with E-state index in [0.29, 0.717) is 16.5 Å². The van der Waals surface area contributed by atoms with Gasteiger partial charge >= 0.3 is 5.97 Å². The number of hydrogen-bond acceptors (Lipinski definition) is 7. The standard InChI is InChI=1S/C18H17ClN2O4S/c1-9(2)20-25-18(23)15-14(17(24-21-15)10-4-5-10)16(22)12-7-6-11(26-3)8-13(12)19/h6-8,10,20H,1,4-5H2,2-3H3. The second-order valence-electron chi connectivity index (χ2n) is 5.99. The molecule has 8 heteroatoms. The molecule has 1 aliphatic carbocycles. The molecule has 1 aliphatic rings. The summed E-state index contributed by atoms with van der Waals surface area (Å²) in [6.45, 7) is 5.21. The van der Waals surface area contributed by atoms with E-state index in [9.17, 15) is 9.59 Å². The predicted octanol–water partition coefficient (Wildman–Crippen LogP) is 4.35. The van der Waals surface area contributed by atoms with Crippen LogP contribution in [0, 0.1) is 0 Å². The van der Waals surface area contributed by atoms with Crippen LogP contribution in [0.5, 0.6) is 0 Å². The van der Waals surface area contributed by atoms with E-state index in [1.54, 1.807) is 25.1 Å². The number of nitrogens with zero attached hydrogens (tertiary/aromatic N) is 1. The van der Waals surface area contributed by atoms with E-state index in [4.69, 9.17) is 21.0 Å². The van der Waals surface area contributed by atoms with Gasteiger partial charge in [0.15, 0.2) is 5.76 Å². The normalized spacial score (nSPS) is 13.3. The number of rotatable bonds is 7. The summed E-state index contributed by atoms with van der Waals surface area (Å²) >= 11 is 7.80. The van der Waals surface area contributed by atoms with Crippen molar-refractivity contribution in [3.63, 3.8) is 0 Å². The van der Waals surface area contributed by atoms with Gasteiger partial charge in [0.05, 0.1) is 5.02 Å². The van der Waals surface area contributed by atoms with Crippen LogP contribution >= 0.6 is 23.4 Å². The molecule has 1 fully saturated rings. The Bertz CT molecular complexity index is 889. The van der Waals surface area contributed by atoms with Gasteiger partial charge in [0, 0.05) is 22.1 Å². The van der Waals surface area contributed by atoms with Gasteiger partial charge in [-0.25, -0.2) is 10.3 Å². The molecule has 26 heavy (non-hydrogen) atoms. The van der Waals surface area contributed by atoms with E-state index in [0.717, 1.165) is 17.7 Å². The highest BCUT2D eigenvalue weighted by atomic mass is 35.5. The maximum absolute atomic E-state index is 13.1. The zero-order valence-corrected chi connectivity index (χ0v) is 15.9. The number of thioether (sulfide) groups is 1. The van der Waals surface area contributed by atoms with Crippen molar-refractivity contribution in [3.05, 3.63) is 58.1 Å². The number of nitrogens with one attached hydrogen (secondary N) is 1. The maximum atomic E-state index is 13.1. The van der Waals surface area contributed by atoms with Crippen molar-refractivity contribution >= 4 is 35.1 Å². The summed E-state index contributed by atoms with van der Waals surface area (Å²) in [5.74, 6) is -0.736. The van der Waals surface area contributed by atoms with Gasteiger partial charge < -0.3 is 9.36 Å². The minimum Gasteiger partial charge on any atom is -0.359 e. The van der Waals surface area contributed by atoms with Crippen LogP contribution in [0.4, 0.5) is 0 Å². The first-order valence-corrected chi connectivity index (χ1v) is 9.53. The van der Waals surface area contributed by atoms with Crippen LogP contribution in [0.25, 0.3) is 0 Å². The van der Waals surface area contributed by atoms with E-state index < -0.39 is 11.8 Å². The zero-order chi connectivity index (χ0) is 18.8. The van der Waals surface area contributed by atoms with Gasteiger partial charge in [0.1, 0.15) is 5.56 Å². The summed E-state index contributed by atoms with van der Waals surface area (Å²) in [7, 11) is 0. The minimum absolute atomic E-state index is 0.0846. The van der Waals surface area contributed by atoms with Gasteiger partial charge in [-0.05, 0) is 44.2 Å². The lowest BCUT2D eigenvalue weighted by molar-refractivity contribution is 0.0311. The predicted molar refractivity (Wildman–Crippen MR) is 98.5 cm³/mol.